The molecule has 0 heterocycles. The lowest BCUT2D eigenvalue weighted by Gasteiger charge is -2.14. The highest BCUT2D eigenvalue weighted by Crippen LogP contribution is 2.39. The second-order valence-corrected chi connectivity index (χ2v) is 9.17. The van der Waals surface area contributed by atoms with Crippen molar-refractivity contribution in [2.45, 2.75) is 9.79 Å². The molecule has 0 bridgehead atoms. The van der Waals surface area contributed by atoms with E-state index in [1.807, 2.05) is 0 Å². The third kappa shape index (κ3) is 3.31. The molecular formula is C17H15NO5S2. The van der Waals surface area contributed by atoms with Crippen molar-refractivity contribution in [1.29, 1.82) is 0 Å². The number of phenols is 1. The minimum absolute atomic E-state index is 0.00545. The summed E-state index contributed by atoms with van der Waals surface area (Å²) in [5.41, 5.74) is 0.0883. The van der Waals surface area contributed by atoms with Crippen LogP contribution >= 0.6 is 0 Å². The van der Waals surface area contributed by atoms with Gasteiger partial charge in [-0.1, -0.05) is 42.5 Å². The molecule has 0 aromatic heterocycles. The molecular weight excluding hydrogens is 362 g/mol. The zero-order valence-electron chi connectivity index (χ0n) is 13.2. The van der Waals surface area contributed by atoms with Crippen LogP contribution in [0.2, 0.25) is 0 Å². The van der Waals surface area contributed by atoms with Crippen molar-refractivity contribution in [3.05, 3.63) is 60.7 Å². The Balaban J connectivity index is 2.35. The molecule has 0 atom stereocenters. The molecule has 0 aliphatic heterocycles. The molecule has 130 valence electrons. The Labute approximate surface area is 145 Å². The van der Waals surface area contributed by atoms with Crippen LogP contribution in [-0.4, -0.2) is 28.2 Å². The van der Waals surface area contributed by atoms with Gasteiger partial charge >= 0.3 is 0 Å². The van der Waals surface area contributed by atoms with E-state index in [0.717, 1.165) is 12.3 Å². The Morgan fingerprint density at radius 2 is 1.40 bits per heavy atom. The first-order chi connectivity index (χ1) is 11.7. The summed E-state index contributed by atoms with van der Waals surface area (Å²) in [7, 11) is -7.66. The van der Waals surface area contributed by atoms with Gasteiger partial charge in [0, 0.05) is 10.8 Å². The second kappa shape index (κ2) is 6.05. The number of hydrogen-bond acceptors (Lipinski definition) is 5. The molecule has 3 rings (SSSR count). The highest BCUT2D eigenvalue weighted by molar-refractivity contribution is 7.92. The number of phenolic OH excluding ortho intramolecular Hbond substituents is 1. The van der Waals surface area contributed by atoms with Crippen molar-refractivity contribution in [3.8, 4) is 5.75 Å². The van der Waals surface area contributed by atoms with Gasteiger partial charge in [0.2, 0.25) is 19.9 Å². The summed E-state index contributed by atoms with van der Waals surface area (Å²) in [6.07, 6.45) is 0.972. The maximum Gasteiger partial charge on any atom is 0.229 e. The Bertz CT molecular complexity index is 1150. The summed E-state index contributed by atoms with van der Waals surface area (Å²) in [5.74, 6) is -0.418. The topological polar surface area (TPSA) is 101 Å². The number of sulfone groups is 1. The minimum Gasteiger partial charge on any atom is -0.506 e. The van der Waals surface area contributed by atoms with E-state index in [1.54, 1.807) is 36.4 Å². The third-order valence-corrected chi connectivity index (χ3v) is 5.99. The van der Waals surface area contributed by atoms with Gasteiger partial charge < -0.3 is 5.11 Å². The summed E-state index contributed by atoms with van der Waals surface area (Å²) in [6, 6.07) is 15.2. The lowest BCUT2D eigenvalue weighted by Crippen LogP contribution is -2.11. The van der Waals surface area contributed by atoms with Gasteiger partial charge in [-0.15, -0.1) is 0 Å². The van der Waals surface area contributed by atoms with Crippen molar-refractivity contribution in [2.24, 2.45) is 0 Å². The first-order valence-electron chi connectivity index (χ1n) is 7.23. The van der Waals surface area contributed by atoms with Gasteiger partial charge in [0.15, 0.2) is 0 Å². The van der Waals surface area contributed by atoms with Gasteiger partial charge in [-0.25, -0.2) is 16.8 Å². The Hall–Kier alpha value is -2.58. The van der Waals surface area contributed by atoms with Crippen molar-refractivity contribution < 1.29 is 21.9 Å². The number of hydrogen-bond donors (Lipinski definition) is 2. The fourth-order valence-electron chi connectivity index (χ4n) is 2.55. The fraction of sp³-hybridized carbons (Fsp3) is 0.0588. The highest BCUT2D eigenvalue weighted by Gasteiger charge is 2.25. The van der Waals surface area contributed by atoms with Gasteiger partial charge in [-0.3, -0.25) is 4.72 Å². The molecule has 0 saturated heterocycles. The van der Waals surface area contributed by atoms with E-state index in [-0.39, 0.29) is 20.9 Å². The predicted octanol–water partition coefficient (Wildman–Crippen LogP) is 2.75. The molecule has 0 aliphatic carbocycles. The molecule has 0 saturated carbocycles. The van der Waals surface area contributed by atoms with Crippen LogP contribution in [0.15, 0.2) is 70.5 Å². The second-order valence-electron chi connectivity index (χ2n) is 5.51. The molecule has 0 unspecified atom stereocenters. The van der Waals surface area contributed by atoms with Gasteiger partial charge in [-0.2, -0.15) is 0 Å². The molecule has 0 radical (unpaired) electrons. The lowest BCUT2D eigenvalue weighted by molar-refractivity contribution is 0.465. The van der Waals surface area contributed by atoms with Gasteiger partial charge in [0.25, 0.3) is 0 Å². The molecule has 0 spiro atoms. The van der Waals surface area contributed by atoms with Crippen LogP contribution in [0.5, 0.6) is 5.75 Å². The van der Waals surface area contributed by atoms with Crippen LogP contribution in [-0.2, 0) is 19.9 Å². The van der Waals surface area contributed by atoms with Crippen LogP contribution in [0.4, 0.5) is 5.69 Å². The number of rotatable bonds is 4. The summed E-state index contributed by atoms with van der Waals surface area (Å²) in [5, 5.41) is 11.2. The number of benzene rings is 3. The summed E-state index contributed by atoms with van der Waals surface area (Å²) in [4.78, 5) is -0.352. The Kier molecular flexibility index (Phi) is 4.18. The molecule has 0 aliphatic rings. The monoisotopic (exact) mass is 377 g/mol. The van der Waals surface area contributed by atoms with Crippen molar-refractivity contribution in [1.82, 2.24) is 0 Å². The van der Waals surface area contributed by atoms with Crippen LogP contribution in [0, 0.1) is 0 Å². The standard InChI is InChI=1S/C17H15NO5S2/c1-24(20,21)18-15-11-16(17(19)14-10-6-5-9-13(14)15)25(22,23)12-7-3-2-4-8-12/h2-11,18-19H,1H3. The zero-order chi connectivity index (χ0) is 18.2. The summed E-state index contributed by atoms with van der Waals surface area (Å²) in [6.45, 7) is 0. The Morgan fingerprint density at radius 1 is 0.840 bits per heavy atom. The van der Waals surface area contributed by atoms with Gasteiger partial charge in [-0.05, 0) is 18.2 Å². The van der Waals surface area contributed by atoms with E-state index in [4.69, 9.17) is 0 Å². The number of fused-ring (bicyclic) bond motifs is 1. The first-order valence-corrected chi connectivity index (χ1v) is 10.6. The van der Waals surface area contributed by atoms with Crippen LogP contribution in [0.25, 0.3) is 10.8 Å². The van der Waals surface area contributed by atoms with E-state index in [9.17, 15) is 21.9 Å². The van der Waals surface area contributed by atoms with Crippen molar-refractivity contribution >= 4 is 36.3 Å². The van der Waals surface area contributed by atoms with E-state index in [0.29, 0.717) is 5.39 Å². The Morgan fingerprint density at radius 3 is 2.00 bits per heavy atom. The molecule has 2 N–H and O–H groups in total. The average Bonchev–Trinajstić information content (AvgIpc) is 2.57. The highest BCUT2D eigenvalue weighted by atomic mass is 32.2. The summed E-state index contributed by atoms with van der Waals surface area (Å²) >= 11 is 0. The van der Waals surface area contributed by atoms with E-state index in [1.165, 1.54) is 18.2 Å². The zero-order valence-corrected chi connectivity index (χ0v) is 14.8. The third-order valence-electron chi connectivity index (χ3n) is 3.62. The molecule has 6 nitrogen and oxygen atoms in total. The fourth-order valence-corrected chi connectivity index (χ4v) is 4.53. The quantitative estimate of drug-likeness (QED) is 0.681. The van der Waals surface area contributed by atoms with Crippen molar-refractivity contribution in [3.63, 3.8) is 0 Å². The lowest BCUT2D eigenvalue weighted by atomic mass is 10.1. The molecule has 3 aromatic carbocycles. The van der Waals surface area contributed by atoms with Crippen LogP contribution in [0.1, 0.15) is 0 Å². The maximum absolute atomic E-state index is 12.9. The number of sulfonamides is 1. The van der Waals surface area contributed by atoms with Crippen LogP contribution in [0.3, 0.4) is 0 Å². The van der Waals surface area contributed by atoms with Crippen molar-refractivity contribution in [2.75, 3.05) is 11.0 Å². The molecule has 0 fully saturated rings. The smallest absolute Gasteiger partial charge is 0.229 e. The molecule has 0 amide bonds. The summed E-state index contributed by atoms with van der Waals surface area (Å²) < 4.78 is 51.3. The normalized spacial score (nSPS) is 12.2. The maximum atomic E-state index is 12.9. The predicted molar refractivity (Wildman–Crippen MR) is 96.0 cm³/mol. The SMILES string of the molecule is CS(=O)(=O)Nc1cc(S(=O)(=O)c2ccccc2)c(O)c2ccccc12. The number of anilines is 1. The van der Waals surface area contributed by atoms with Crippen LogP contribution < -0.4 is 4.72 Å². The van der Waals surface area contributed by atoms with Gasteiger partial charge in [0.1, 0.15) is 10.6 Å². The first kappa shape index (κ1) is 17.2. The number of aromatic hydroxyl groups is 1. The van der Waals surface area contributed by atoms with E-state index < -0.39 is 25.6 Å². The molecule has 3 aromatic rings. The van der Waals surface area contributed by atoms with E-state index in [2.05, 4.69) is 4.72 Å². The molecule has 8 heteroatoms. The minimum atomic E-state index is -4.02. The average molecular weight is 377 g/mol. The van der Waals surface area contributed by atoms with E-state index >= 15 is 0 Å². The number of nitrogens with one attached hydrogen (secondary N) is 1. The van der Waals surface area contributed by atoms with Gasteiger partial charge in [0.05, 0.1) is 16.8 Å². The largest absolute Gasteiger partial charge is 0.506 e. The molecule has 25 heavy (non-hydrogen) atoms.